The molecule has 0 heterocycles. The van der Waals surface area contributed by atoms with Crippen molar-refractivity contribution in [1.82, 2.24) is 58.5 Å². The Labute approximate surface area is 550 Å². The molecule has 34 nitrogen and oxygen atoms in total. The summed E-state index contributed by atoms with van der Waals surface area (Å²) in [6, 6.07) is -1.88. The Morgan fingerprint density at radius 3 is 1.73 bits per heavy atom. The van der Waals surface area contributed by atoms with Crippen molar-refractivity contribution in [2.75, 3.05) is 33.9 Å². The molecule has 2 aromatic carbocycles. The second-order valence-corrected chi connectivity index (χ2v) is 23.7. The van der Waals surface area contributed by atoms with Gasteiger partial charge >= 0.3 is 12.1 Å². The van der Waals surface area contributed by atoms with Crippen molar-refractivity contribution in [2.45, 2.75) is 179 Å². The first-order valence-electron chi connectivity index (χ1n) is 30.4. The molecule has 0 spiro atoms. The van der Waals surface area contributed by atoms with Crippen LogP contribution in [0.4, 0.5) is 4.79 Å². The number of carbonyl (C=O) groups is 11. The highest BCUT2D eigenvalue weighted by atomic mass is 16.5. The summed E-state index contributed by atoms with van der Waals surface area (Å²) in [4.78, 5) is 150. The zero-order valence-electron chi connectivity index (χ0n) is 55.2. The number of methoxy groups -OCH3 is 2. The van der Waals surface area contributed by atoms with Crippen LogP contribution in [0.2, 0.25) is 0 Å². The second kappa shape index (κ2) is 40.0. The van der Waals surface area contributed by atoms with Gasteiger partial charge in [-0.3, -0.25) is 48.6 Å². The molecule has 2 rings (SSSR count). The fraction of sp³-hybridized carbons (Fsp3) is 0.574. The average Bonchev–Trinajstić information content (AvgIpc) is 0.866. The van der Waals surface area contributed by atoms with Crippen LogP contribution in [0.3, 0.4) is 0 Å². The van der Waals surface area contributed by atoms with Crippen LogP contribution in [0, 0.1) is 17.2 Å². The Balaban J connectivity index is 2.38. The van der Waals surface area contributed by atoms with Crippen molar-refractivity contribution in [3.63, 3.8) is 0 Å². The molecule has 2 aromatic rings. The lowest BCUT2D eigenvalue weighted by atomic mass is 9.96. The number of primary amides is 1. The van der Waals surface area contributed by atoms with Crippen LogP contribution >= 0.6 is 0 Å². The number of carboxylic acid groups (broad SMARTS) is 1. The molecule has 21 N–H and O–H groups in total. The molecule has 0 aliphatic heterocycles. The lowest BCUT2D eigenvalue weighted by molar-refractivity contribution is -0.141. The topological polar surface area (TPSA) is 534 Å². The van der Waals surface area contributed by atoms with Gasteiger partial charge in [-0.05, 0) is 95.6 Å². The van der Waals surface area contributed by atoms with Gasteiger partial charge in [-0.25, -0.2) is 9.59 Å². The van der Waals surface area contributed by atoms with Gasteiger partial charge in [-0.1, -0.05) is 76.6 Å². The summed E-state index contributed by atoms with van der Waals surface area (Å²) in [7, 11) is 2.67. The van der Waals surface area contributed by atoms with Crippen molar-refractivity contribution in [3.05, 3.63) is 78.2 Å². The number of rotatable bonds is 41. The van der Waals surface area contributed by atoms with Gasteiger partial charge < -0.3 is 114 Å². The summed E-state index contributed by atoms with van der Waals surface area (Å²) in [5, 5.41) is 87.3. The highest BCUT2D eigenvalue weighted by Gasteiger charge is 2.41. The predicted molar refractivity (Wildman–Crippen MR) is 341 cm³/mol. The number of ether oxygens (including phenoxy) is 4. The van der Waals surface area contributed by atoms with E-state index in [1.54, 1.807) is 78.8 Å². The number of nitrogens with two attached hydrogens (primary N) is 2. The first-order chi connectivity index (χ1) is 44.5. The Bertz CT molecular complexity index is 2920. The van der Waals surface area contributed by atoms with E-state index in [9.17, 15) is 78.3 Å². The quantitative estimate of drug-likeness (QED) is 0.0133. The molecule has 0 bridgehead atoms. The van der Waals surface area contributed by atoms with Crippen LogP contribution in [0.15, 0.2) is 67.1 Å². The SMILES string of the molecule is C=C(N[C@H](C(=O)N[C@@H](CC(C)C)C(=O)N[C@H](CCCNC(=N)N)C(=O)NC(C(=O)N[C@H](C(=O)NCC(=O)N[C@H](C(=O)N[C@@H](CO)C(=O)N[C@@H](c1ccc(OC)cc1)[C@H](NC(=O)OCc1ccccc1)C(=O)O)[C@H](O)C(N)=O)[C@H](C)O)[C@@H](C)CC)[C@H](O)C(C)OC)OC(C)(C)C. The number of aliphatic hydroxyl groups excluding tert-OH is 4. The van der Waals surface area contributed by atoms with Gasteiger partial charge in [0.15, 0.2) is 24.0 Å². The van der Waals surface area contributed by atoms with Crippen LogP contribution in [0.1, 0.15) is 105 Å². The molecule has 530 valence electrons. The fourth-order valence-corrected chi connectivity index (χ4v) is 8.94. The van der Waals surface area contributed by atoms with Gasteiger partial charge in [0.25, 0.3) is 0 Å². The number of hydrogen-bond donors (Lipinski definition) is 19. The van der Waals surface area contributed by atoms with E-state index >= 15 is 0 Å². The third kappa shape index (κ3) is 28.4. The molecular formula is C61H96N14O20. The molecule has 0 aromatic heterocycles. The molecule has 0 saturated heterocycles. The summed E-state index contributed by atoms with van der Waals surface area (Å²) in [6.07, 6.45) is -7.71. The number of carbonyl (C=O) groups excluding carboxylic acids is 10. The van der Waals surface area contributed by atoms with Crippen LogP contribution in [0.25, 0.3) is 0 Å². The lowest BCUT2D eigenvalue weighted by Crippen LogP contribution is -2.63. The molecule has 2 unspecified atom stereocenters. The van der Waals surface area contributed by atoms with Crippen LogP contribution < -0.4 is 74.7 Å². The van der Waals surface area contributed by atoms with Crippen molar-refractivity contribution in [3.8, 4) is 5.75 Å². The summed E-state index contributed by atoms with van der Waals surface area (Å²) >= 11 is 0. The minimum Gasteiger partial charge on any atom is -0.497 e. The number of aliphatic carboxylic acids is 1. The van der Waals surface area contributed by atoms with Crippen LogP contribution in [-0.2, 0) is 68.8 Å². The number of amides is 10. The number of guanidine groups is 1. The van der Waals surface area contributed by atoms with Crippen molar-refractivity contribution >= 4 is 71.2 Å². The molecule has 34 heteroatoms. The number of carboxylic acids is 1. The number of aliphatic hydroxyl groups is 4. The van der Waals surface area contributed by atoms with Gasteiger partial charge in [0.2, 0.25) is 53.2 Å². The van der Waals surface area contributed by atoms with Gasteiger partial charge in [0.1, 0.15) is 66.4 Å². The molecule has 95 heavy (non-hydrogen) atoms. The van der Waals surface area contributed by atoms with Crippen molar-refractivity contribution in [2.24, 2.45) is 23.3 Å². The van der Waals surface area contributed by atoms with Crippen molar-refractivity contribution < 1.29 is 97.2 Å². The number of hydrogen-bond acceptors (Lipinski definition) is 21. The van der Waals surface area contributed by atoms with Gasteiger partial charge in [-0.15, -0.1) is 0 Å². The Morgan fingerprint density at radius 2 is 1.20 bits per heavy atom. The largest absolute Gasteiger partial charge is 0.497 e. The molecule has 0 aliphatic carbocycles. The highest BCUT2D eigenvalue weighted by molar-refractivity contribution is 5.99. The number of alkyl carbamates (subject to hydrolysis) is 1. The minimum absolute atomic E-state index is 0.0180. The van der Waals surface area contributed by atoms with E-state index in [4.69, 9.17) is 35.8 Å². The smallest absolute Gasteiger partial charge is 0.408 e. The first-order valence-corrected chi connectivity index (χ1v) is 30.4. The predicted octanol–water partition coefficient (Wildman–Crippen LogP) is -3.53. The minimum atomic E-state index is -2.55. The van der Waals surface area contributed by atoms with Gasteiger partial charge in [0, 0.05) is 13.7 Å². The maximum atomic E-state index is 14.4. The van der Waals surface area contributed by atoms with Gasteiger partial charge in [-0.2, -0.15) is 0 Å². The zero-order valence-corrected chi connectivity index (χ0v) is 55.2. The van der Waals surface area contributed by atoms with Gasteiger partial charge in [0.05, 0.1) is 38.5 Å². The number of benzene rings is 2. The van der Waals surface area contributed by atoms with Crippen LogP contribution in [-0.4, -0.2) is 209 Å². The molecule has 0 radical (unpaired) electrons. The second-order valence-electron chi connectivity index (χ2n) is 23.7. The monoisotopic (exact) mass is 1340 g/mol. The van der Waals surface area contributed by atoms with E-state index in [-0.39, 0.29) is 62.2 Å². The lowest BCUT2D eigenvalue weighted by Gasteiger charge is -2.32. The standard InChI is InChI=1S/C61H96N14O20/c1-13-31(4)42(72-51(82)38(20-17-25-65-59(63)64)68-52(83)39(26-30(2)3)69-56(87)46(48(79)33(6)92-11)67-34(7)95-61(8,9)10)55(86)73-43(32(5)77)54(85)66-27-41(78)71-47(49(80)50(62)81)57(88)70-40(28-76)53(84)74-44(36-21-23-37(93-12)24-22-36)45(58(89)90)75-60(91)94-29-35-18-15-14-16-19-35/h14-16,18-19,21-24,30-33,38-40,42-49,67,76-77,79-80H,7,13,17,20,25-29H2,1-6,8-12H3,(H2,62,81)(H,66,85)(H,68,83)(H,69,87)(H,70,88)(H,71,78)(H,72,82)(H,73,86)(H,74,84)(H,75,91)(H,89,90)(H4,63,64,65)/t31-,32-,33?,38+,39-,40-,42?,43-,44-,45-,46-,47-,48+,49-/m0/s1. The van der Waals surface area contributed by atoms with Crippen LogP contribution in [0.5, 0.6) is 5.75 Å². The summed E-state index contributed by atoms with van der Waals surface area (Å²) in [5.41, 5.74) is 10.6. The molecule has 0 aliphatic rings. The maximum Gasteiger partial charge on any atom is 0.408 e. The molecule has 14 atom stereocenters. The zero-order chi connectivity index (χ0) is 72.0. The van der Waals surface area contributed by atoms with E-state index in [0.717, 1.165) is 6.92 Å². The van der Waals surface area contributed by atoms with E-state index in [1.807, 2.05) is 10.6 Å². The van der Waals surface area contributed by atoms with Crippen molar-refractivity contribution in [1.29, 1.82) is 5.41 Å². The Morgan fingerprint density at radius 1 is 0.642 bits per heavy atom. The average molecular weight is 1350 g/mol. The molecule has 10 amide bonds. The fourth-order valence-electron chi connectivity index (χ4n) is 8.94. The summed E-state index contributed by atoms with van der Waals surface area (Å²) in [6.45, 7) is 15.8. The molecule has 0 fully saturated rings. The maximum absolute atomic E-state index is 14.4. The van der Waals surface area contributed by atoms with E-state index in [2.05, 4.69) is 54.4 Å². The molecule has 0 saturated carbocycles. The van der Waals surface area contributed by atoms with E-state index < -0.39 is 169 Å². The Hall–Kier alpha value is -9.38. The molecular weight excluding hydrogens is 1250 g/mol. The Kier molecular flexibility index (Phi) is 34.4. The third-order valence-corrected chi connectivity index (χ3v) is 14.3. The van der Waals surface area contributed by atoms with E-state index in [1.165, 1.54) is 45.4 Å². The summed E-state index contributed by atoms with van der Waals surface area (Å²) in [5.74, 6) is -13.5. The highest BCUT2D eigenvalue weighted by Crippen LogP contribution is 2.23. The third-order valence-electron chi connectivity index (χ3n) is 14.3. The summed E-state index contributed by atoms with van der Waals surface area (Å²) < 4.78 is 21.4. The normalized spacial score (nSPS) is 15.7. The number of nitrogens with one attached hydrogen (secondary N) is 12. The first kappa shape index (κ1) is 81.7. The van der Waals surface area contributed by atoms with E-state index in [0.29, 0.717) is 11.3 Å².